The Balaban J connectivity index is 2.17. The average molecular weight is 441 g/mol. The van der Waals surface area contributed by atoms with Gasteiger partial charge < -0.3 is 19.7 Å². The molecule has 174 valence electrons. The summed E-state index contributed by atoms with van der Waals surface area (Å²) in [7, 11) is 3.18. The molecule has 0 saturated carbocycles. The van der Waals surface area contributed by atoms with Crippen molar-refractivity contribution in [2.75, 3.05) is 14.2 Å². The van der Waals surface area contributed by atoms with E-state index in [1.54, 1.807) is 26.0 Å². The predicted octanol–water partition coefficient (Wildman–Crippen LogP) is 4.28. The molecule has 0 aliphatic heterocycles. The maximum absolute atomic E-state index is 13.3. The number of methoxy groups -OCH3 is 2. The number of carbonyl (C=O) groups is 2. The highest BCUT2D eigenvalue weighted by atomic mass is 16.5. The monoisotopic (exact) mass is 440 g/mol. The Morgan fingerprint density at radius 1 is 0.969 bits per heavy atom. The van der Waals surface area contributed by atoms with Crippen molar-refractivity contribution in [3.05, 3.63) is 59.2 Å². The van der Waals surface area contributed by atoms with Gasteiger partial charge in [-0.05, 0) is 56.9 Å². The Morgan fingerprint density at radius 2 is 1.59 bits per heavy atom. The van der Waals surface area contributed by atoms with Gasteiger partial charge >= 0.3 is 0 Å². The number of amides is 2. The summed E-state index contributed by atoms with van der Waals surface area (Å²) in [5.41, 5.74) is 3.13. The molecule has 6 nitrogen and oxygen atoms in total. The molecular weight excluding hydrogens is 404 g/mol. The molecule has 0 aliphatic carbocycles. The molecule has 0 aromatic heterocycles. The van der Waals surface area contributed by atoms with Crippen molar-refractivity contribution in [2.45, 2.75) is 65.6 Å². The number of nitrogens with one attached hydrogen (secondary N) is 1. The first kappa shape index (κ1) is 25.2. The van der Waals surface area contributed by atoms with Crippen LogP contribution in [0.5, 0.6) is 11.5 Å². The summed E-state index contributed by atoms with van der Waals surface area (Å²) in [6.07, 6.45) is 1.68. The van der Waals surface area contributed by atoms with Gasteiger partial charge in [0, 0.05) is 19.0 Å². The second-order valence-corrected chi connectivity index (χ2v) is 8.19. The second-order valence-electron chi connectivity index (χ2n) is 8.19. The zero-order valence-electron chi connectivity index (χ0n) is 20.1. The summed E-state index contributed by atoms with van der Waals surface area (Å²) in [6.45, 7) is 8.19. The molecule has 2 atom stereocenters. The summed E-state index contributed by atoms with van der Waals surface area (Å²) in [6, 6.07) is 13.2. The minimum atomic E-state index is -0.566. The number of nitrogens with zero attached hydrogens (tertiary/aromatic N) is 1. The fourth-order valence-corrected chi connectivity index (χ4v) is 3.37. The minimum Gasteiger partial charge on any atom is -0.493 e. The van der Waals surface area contributed by atoms with Crippen LogP contribution in [0.25, 0.3) is 0 Å². The molecular formula is C26H36N2O4. The molecule has 0 saturated heterocycles. The summed E-state index contributed by atoms with van der Waals surface area (Å²) >= 11 is 0. The van der Waals surface area contributed by atoms with Crippen LogP contribution in [0.15, 0.2) is 42.5 Å². The quantitative estimate of drug-likeness (QED) is 0.566. The van der Waals surface area contributed by atoms with Crippen molar-refractivity contribution in [2.24, 2.45) is 0 Å². The van der Waals surface area contributed by atoms with Gasteiger partial charge in [0.1, 0.15) is 6.04 Å². The molecule has 0 bridgehead atoms. The Hall–Kier alpha value is -3.02. The van der Waals surface area contributed by atoms with Gasteiger partial charge in [-0.3, -0.25) is 9.59 Å². The topological polar surface area (TPSA) is 67.9 Å². The van der Waals surface area contributed by atoms with E-state index in [2.05, 4.69) is 5.32 Å². The van der Waals surface area contributed by atoms with Gasteiger partial charge in [0.2, 0.25) is 11.8 Å². The maximum Gasteiger partial charge on any atom is 0.242 e. The largest absolute Gasteiger partial charge is 0.493 e. The van der Waals surface area contributed by atoms with E-state index in [9.17, 15) is 9.59 Å². The summed E-state index contributed by atoms with van der Waals surface area (Å²) < 4.78 is 10.6. The lowest BCUT2D eigenvalue weighted by Crippen LogP contribution is -2.49. The number of hydrogen-bond acceptors (Lipinski definition) is 4. The van der Waals surface area contributed by atoms with Crippen LogP contribution < -0.4 is 14.8 Å². The van der Waals surface area contributed by atoms with Crippen LogP contribution in [-0.2, 0) is 22.6 Å². The van der Waals surface area contributed by atoms with Crippen LogP contribution in [0.1, 0.15) is 50.3 Å². The Bertz CT molecular complexity index is 895. The third-order valence-electron chi connectivity index (χ3n) is 5.72. The number of aryl methyl sites for hydroxylation is 2. The molecule has 0 radical (unpaired) electrons. The number of ether oxygens (including phenoxy) is 2. The SMILES string of the molecule is CC[C@H](C)NC(=O)[C@H](C)N(Cc1ccc(C)cc1)C(=O)CCc1ccc(OC)c(OC)c1. The van der Waals surface area contributed by atoms with Crippen molar-refractivity contribution < 1.29 is 19.1 Å². The molecule has 2 aromatic rings. The van der Waals surface area contributed by atoms with Gasteiger partial charge in [-0.2, -0.15) is 0 Å². The zero-order valence-corrected chi connectivity index (χ0v) is 20.1. The zero-order chi connectivity index (χ0) is 23.7. The van der Waals surface area contributed by atoms with Crippen molar-refractivity contribution in [3.63, 3.8) is 0 Å². The van der Waals surface area contributed by atoms with Crippen LogP contribution in [0.3, 0.4) is 0 Å². The number of benzene rings is 2. The van der Waals surface area contributed by atoms with Crippen molar-refractivity contribution in [1.29, 1.82) is 0 Å². The Morgan fingerprint density at radius 3 is 2.19 bits per heavy atom. The van der Waals surface area contributed by atoms with Crippen LogP contribution >= 0.6 is 0 Å². The smallest absolute Gasteiger partial charge is 0.242 e. The van der Waals surface area contributed by atoms with Crippen molar-refractivity contribution >= 4 is 11.8 Å². The minimum absolute atomic E-state index is 0.0628. The molecule has 6 heteroatoms. The third-order valence-corrected chi connectivity index (χ3v) is 5.72. The first-order valence-electron chi connectivity index (χ1n) is 11.1. The van der Waals surface area contributed by atoms with E-state index < -0.39 is 6.04 Å². The highest BCUT2D eigenvalue weighted by Gasteiger charge is 2.26. The number of rotatable bonds is 11. The lowest BCUT2D eigenvalue weighted by Gasteiger charge is -2.30. The fourth-order valence-electron chi connectivity index (χ4n) is 3.37. The van der Waals surface area contributed by atoms with Crippen LogP contribution in [0.2, 0.25) is 0 Å². The molecule has 0 unspecified atom stereocenters. The molecule has 2 rings (SSSR count). The van der Waals surface area contributed by atoms with Gasteiger partial charge in [0.05, 0.1) is 14.2 Å². The summed E-state index contributed by atoms with van der Waals surface area (Å²) in [5, 5.41) is 3.00. The van der Waals surface area contributed by atoms with E-state index in [4.69, 9.17) is 9.47 Å². The molecule has 0 aliphatic rings. The van der Waals surface area contributed by atoms with Crippen molar-refractivity contribution in [1.82, 2.24) is 10.2 Å². The van der Waals surface area contributed by atoms with E-state index in [0.29, 0.717) is 30.9 Å². The molecule has 0 spiro atoms. The summed E-state index contributed by atoms with van der Waals surface area (Å²) in [4.78, 5) is 27.7. The van der Waals surface area contributed by atoms with E-state index in [1.165, 1.54) is 0 Å². The number of hydrogen-bond donors (Lipinski definition) is 1. The average Bonchev–Trinajstić information content (AvgIpc) is 2.81. The fraction of sp³-hybridized carbons (Fsp3) is 0.462. The molecule has 1 N–H and O–H groups in total. The lowest BCUT2D eigenvalue weighted by atomic mass is 10.1. The Labute approximate surface area is 191 Å². The first-order chi connectivity index (χ1) is 15.3. The molecule has 2 aromatic carbocycles. The van der Waals surface area contributed by atoms with Crippen LogP contribution in [0, 0.1) is 6.92 Å². The van der Waals surface area contributed by atoms with E-state index >= 15 is 0 Å². The second kappa shape index (κ2) is 12.1. The van der Waals surface area contributed by atoms with Crippen LogP contribution in [0.4, 0.5) is 0 Å². The van der Waals surface area contributed by atoms with Gasteiger partial charge in [0.25, 0.3) is 0 Å². The predicted molar refractivity (Wildman–Crippen MR) is 127 cm³/mol. The lowest BCUT2D eigenvalue weighted by molar-refractivity contribution is -0.140. The van der Waals surface area contributed by atoms with Gasteiger partial charge in [-0.25, -0.2) is 0 Å². The molecule has 0 heterocycles. The standard InChI is InChI=1S/C26H36N2O4/c1-7-19(3)27-26(30)20(4)28(17-22-10-8-18(2)9-11-22)25(29)15-13-21-12-14-23(31-5)24(16-21)32-6/h8-12,14,16,19-20H,7,13,15,17H2,1-6H3,(H,27,30)/t19-,20-/m0/s1. The van der Waals surface area contributed by atoms with Gasteiger partial charge in [-0.15, -0.1) is 0 Å². The van der Waals surface area contributed by atoms with Gasteiger partial charge in [0.15, 0.2) is 11.5 Å². The van der Waals surface area contributed by atoms with E-state index in [0.717, 1.165) is 23.1 Å². The van der Waals surface area contributed by atoms with Gasteiger partial charge in [-0.1, -0.05) is 42.8 Å². The molecule has 32 heavy (non-hydrogen) atoms. The molecule has 2 amide bonds. The molecule has 0 fully saturated rings. The summed E-state index contributed by atoms with van der Waals surface area (Å²) in [5.74, 6) is 1.09. The highest BCUT2D eigenvalue weighted by molar-refractivity contribution is 5.87. The highest BCUT2D eigenvalue weighted by Crippen LogP contribution is 2.28. The Kier molecular flexibility index (Phi) is 9.57. The van der Waals surface area contributed by atoms with Crippen LogP contribution in [-0.4, -0.2) is 43.0 Å². The van der Waals surface area contributed by atoms with E-state index in [-0.39, 0.29) is 17.9 Å². The number of carbonyl (C=O) groups excluding carboxylic acids is 2. The third kappa shape index (κ3) is 7.01. The maximum atomic E-state index is 13.3. The first-order valence-corrected chi connectivity index (χ1v) is 11.1. The normalized spacial score (nSPS) is 12.6. The van der Waals surface area contributed by atoms with Crippen molar-refractivity contribution in [3.8, 4) is 11.5 Å². The van der Waals surface area contributed by atoms with E-state index in [1.807, 2.05) is 63.2 Å².